The quantitative estimate of drug-likeness (QED) is 0.543. The number of halogens is 2. The van der Waals surface area contributed by atoms with Gasteiger partial charge in [0.25, 0.3) is 6.01 Å². The molecule has 0 aliphatic carbocycles. The van der Waals surface area contributed by atoms with Crippen molar-refractivity contribution in [3.05, 3.63) is 41.3 Å². The summed E-state index contributed by atoms with van der Waals surface area (Å²) in [4.78, 5) is 24.8. The van der Waals surface area contributed by atoms with E-state index in [1.165, 1.54) is 6.07 Å². The maximum absolute atomic E-state index is 14.9. The Hall–Kier alpha value is -2.87. The fourth-order valence-electron chi connectivity index (χ4n) is 3.60. The van der Waals surface area contributed by atoms with E-state index in [0.717, 1.165) is 0 Å². The van der Waals surface area contributed by atoms with Crippen LogP contribution in [-0.4, -0.2) is 52.2 Å². The van der Waals surface area contributed by atoms with Gasteiger partial charge in [-0.1, -0.05) is 17.7 Å². The Morgan fingerprint density at radius 3 is 2.74 bits per heavy atom. The van der Waals surface area contributed by atoms with Gasteiger partial charge in [-0.2, -0.15) is 4.98 Å². The molecule has 1 unspecified atom stereocenters. The van der Waals surface area contributed by atoms with E-state index in [2.05, 4.69) is 9.97 Å². The van der Waals surface area contributed by atoms with Crippen molar-refractivity contribution in [1.82, 2.24) is 14.9 Å². The van der Waals surface area contributed by atoms with Crippen LogP contribution >= 0.6 is 11.6 Å². The van der Waals surface area contributed by atoms with Crippen LogP contribution in [0.15, 0.2) is 34.9 Å². The number of piperazine rings is 1. The second-order valence-electron chi connectivity index (χ2n) is 8.58. The first-order valence-electron chi connectivity index (χ1n) is 10.1. The number of hydrogen-bond donors (Lipinski definition) is 0. The van der Waals surface area contributed by atoms with E-state index >= 15 is 0 Å². The predicted molar refractivity (Wildman–Crippen MR) is 117 cm³/mol. The number of pyridine rings is 1. The number of fused-ring (bicyclic) bond motifs is 1. The van der Waals surface area contributed by atoms with Crippen LogP contribution in [0.1, 0.15) is 27.7 Å². The molecule has 0 N–H and O–H groups in total. The molecule has 1 aliphatic rings. The van der Waals surface area contributed by atoms with Crippen LogP contribution < -0.4 is 4.90 Å². The van der Waals surface area contributed by atoms with Gasteiger partial charge in [0.15, 0.2) is 11.4 Å². The van der Waals surface area contributed by atoms with E-state index in [4.69, 9.17) is 20.8 Å². The van der Waals surface area contributed by atoms with Gasteiger partial charge in [0.1, 0.15) is 11.1 Å². The molecule has 9 heteroatoms. The van der Waals surface area contributed by atoms with Crippen molar-refractivity contribution in [2.75, 3.05) is 24.5 Å². The second kappa shape index (κ2) is 8.00. The van der Waals surface area contributed by atoms with Crippen molar-refractivity contribution in [2.24, 2.45) is 0 Å². The first-order chi connectivity index (χ1) is 14.6. The summed E-state index contributed by atoms with van der Waals surface area (Å²) in [6.45, 7) is 8.90. The molecule has 1 aliphatic heterocycles. The van der Waals surface area contributed by atoms with Gasteiger partial charge >= 0.3 is 6.09 Å². The minimum Gasteiger partial charge on any atom is -0.444 e. The summed E-state index contributed by atoms with van der Waals surface area (Å²) < 4.78 is 26.4. The minimum absolute atomic E-state index is 0.0456. The number of rotatable bonds is 2. The second-order valence-corrected chi connectivity index (χ2v) is 8.98. The highest BCUT2D eigenvalue weighted by molar-refractivity contribution is 6.32. The number of oxazole rings is 1. The lowest BCUT2D eigenvalue weighted by Gasteiger charge is -2.39. The molecule has 1 fully saturated rings. The van der Waals surface area contributed by atoms with Crippen molar-refractivity contribution >= 4 is 34.8 Å². The molecule has 0 saturated carbocycles. The van der Waals surface area contributed by atoms with Crippen LogP contribution in [0, 0.1) is 5.82 Å². The number of anilines is 1. The molecule has 3 aromatic rings. The van der Waals surface area contributed by atoms with E-state index in [9.17, 15) is 9.18 Å². The molecule has 1 atom stereocenters. The predicted octanol–water partition coefficient (Wildman–Crippen LogP) is 5.13. The van der Waals surface area contributed by atoms with Gasteiger partial charge in [0.05, 0.1) is 16.3 Å². The summed E-state index contributed by atoms with van der Waals surface area (Å²) >= 11 is 6.12. The number of benzene rings is 1. The third-order valence-electron chi connectivity index (χ3n) is 5.01. The first-order valence-corrected chi connectivity index (χ1v) is 10.5. The summed E-state index contributed by atoms with van der Waals surface area (Å²) in [5.41, 5.74) is 0.782. The number of carbonyl (C=O) groups is 1. The molecular formula is C22H24ClFN4O3. The maximum atomic E-state index is 14.9. The number of aromatic nitrogens is 2. The van der Waals surface area contributed by atoms with Crippen molar-refractivity contribution in [2.45, 2.75) is 39.3 Å². The third kappa shape index (κ3) is 4.30. The van der Waals surface area contributed by atoms with Crippen LogP contribution in [0.4, 0.5) is 15.2 Å². The lowest BCUT2D eigenvalue weighted by atomic mass is 10.1. The third-order valence-corrected chi connectivity index (χ3v) is 5.28. The average Bonchev–Trinajstić information content (AvgIpc) is 3.11. The molecule has 0 spiro atoms. The van der Waals surface area contributed by atoms with Gasteiger partial charge in [-0.25, -0.2) is 9.18 Å². The van der Waals surface area contributed by atoms with Crippen LogP contribution in [-0.2, 0) is 4.74 Å². The maximum Gasteiger partial charge on any atom is 0.410 e. The summed E-state index contributed by atoms with van der Waals surface area (Å²) in [6.07, 6.45) is 1.24. The average molecular weight is 447 g/mol. The Morgan fingerprint density at radius 1 is 1.32 bits per heavy atom. The molecule has 4 rings (SSSR count). The Kier molecular flexibility index (Phi) is 5.51. The van der Waals surface area contributed by atoms with Gasteiger partial charge in [0, 0.05) is 31.9 Å². The molecular weight excluding hydrogens is 423 g/mol. The number of amides is 1. The van der Waals surface area contributed by atoms with Crippen LogP contribution in [0.2, 0.25) is 5.02 Å². The van der Waals surface area contributed by atoms with Crippen molar-refractivity contribution in [1.29, 1.82) is 0 Å². The lowest BCUT2D eigenvalue weighted by molar-refractivity contribution is 0.0216. The van der Waals surface area contributed by atoms with E-state index < -0.39 is 11.4 Å². The topological polar surface area (TPSA) is 71.7 Å². The summed E-state index contributed by atoms with van der Waals surface area (Å²) in [5, 5.41) is -0.0456. The number of carbonyl (C=O) groups excluding carboxylic acids is 1. The Balaban J connectivity index is 1.64. The SMILES string of the molecule is CC1CN(C(=O)OC(C)(C)C)CCN1c1nc2cc(Cl)c(F)c(-c3ccccn3)c2o1. The molecule has 164 valence electrons. The zero-order chi connectivity index (χ0) is 22.3. The number of hydrogen-bond acceptors (Lipinski definition) is 6. The fraction of sp³-hybridized carbons (Fsp3) is 0.409. The van der Waals surface area contributed by atoms with Crippen LogP contribution in [0.5, 0.6) is 0 Å². The fourth-order valence-corrected chi connectivity index (χ4v) is 3.79. The summed E-state index contributed by atoms with van der Waals surface area (Å²) in [7, 11) is 0. The monoisotopic (exact) mass is 446 g/mol. The zero-order valence-electron chi connectivity index (χ0n) is 17.9. The largest absolute Gasteiger partial charge is 0.444 e. The molecule has 7 nitrogen and oxygen atoms in total. The molecule has 31 heavy (non-hydrogen) atoms. The zero-order valence-corrected chi connectivity index (χ0v) is 18.6. The van der Waals surface area contributed by atoms with E-state index in [1.54, 1.807) is 29.3 Å². The number of nitrogens with zero attached hydrogens (tertiary/aromatic N) is 4. The highest BCUT2D eigenvalue weighted by Crippen LogP contribution is 2.37. The van der Waals surface area contributed by atoms with Gasteiger partial charge in [0.2, 0.25) is 0 Å². The Morgan fingerprint density at radius 2 is 2.10 bits per heavy atom. The van der Waals surface area contributed by atoms with E-state index in [1.807, 2.05) is 32.6 Å². The van der Waals surface area contributed by atoms with Crippen molar-refractivity contribution < 1.29 is 18.3 Å². The van der Waals surface area contributed by atoms with Crippen molar-refractivity contribution in [3.8, 4) is 11.3 Å². The minimum atomic E-state index is -0.599. The van der Waals surface area contributed by atoms with Gasteiger partial charge in [-0.3, -0.25) is 4.98 Å². The smallest absolute Gasteiger partial charge is 0.410 e. The molecule has 1 saturated heterocycles. The van der Waals surface area contributed by atoms with E-state index in [-0.39, 0.29) is 28.3 Å². The molecule has 0 bridgehead atoms. The molecule has 3 heterocycles. The molecule has 0 radical (unpaired) electrons. The first kappa shape index (κ1) is 21.4. The van der Waals surface area contributed by atoms with Gasteiger partial charge in [-0.15, -0.1) is 0 Å². The Labute approximate surface area is 184 Å². The molecule has 1 amide bonds. The standard InChI is InChI=1S/C22H24ClFN4O3/c1-13-12-27(21(29)31-22(2,3)4)9-10-28(13)20-26-16-11-14(23)18(24)17(19(16)30-20)15-7-5-6-8-25-15/h5-8,11,13H,9-10,12H2,1-4H3. The summed E-state index contributed by atoms with van der Waals surface area (Å²) in [5.74, 6) is -0.599. The van der Waals surface area contributed by atoms with E-state index in [0.29, 0.717) is 36.9 Å². The van der Waals surface area contributed by atoms with Gasteiger partial charge in [-0.05, 0) is 45.9 Å². The highest BCUT2D eigenvalue weighted by atomic mass is 35.5. The normalized spacial score (nSPS) is 17.3. The van der Waals surface area contributed by atoms with Crippen LogP contribution in [0.3, 0.4) is 0 Å². The van der Waals surface area contributed by atoms with Crippen LogP contribution in [0.25, 0.3) is 22.4 Å². The van der Waals surface area contributed by atoms with Gasteiger partial charge < -0.3 is 19.0 Å². The lowest BCUT2D eigenvalue weighted by Crippen LogP contribution is -2.54. The molecule has 1 aromatic carbocycles. The molecule has 2 aromatic heterocycles. The highest BCUT2D eigenvalue weighted by Gasteiger charge is 2.32. The number of ether oxygens (including phenoxy) is 1. The Bertz CT molecular complexity index is 1110. The summed E-state index contributed by atoms with van der Waals surface area (Å²) in [6, 6.07) is 6.94. The van der Waals surface area contributed by atoms with Crippen molar-refractivity contribution in [3.63, 3.8) is 0 Å².